The van der Waals surface area contributed by atoms with E-state index >= 15 is 0 Å². The van der Waals surface area contributed by atoms with Crippen LogP contribution in [-0.2, 0) is 0 Å². The highest BCUT2D eigenvalue weighted by Crippen LogP contribution is 2.38. The maximum Gasteiger partial charge on any atom is 0.140 e. The highest BCUT2D eigenvalue weighted by atomic mass is 35.5. The van der Waals surface area contributed by atoms with E-state index in [1.807, 2.05) is 12.1 Å². The fraction of sp³-hybridized carbons (Fsp3) is 0.259. The van der Waals surface area contributed by atoms with Crippen LogP contribution in [-0.4, -0.2) is 0 Å². The molecule has 3 aromatic rings. The van der Waals surface area contributed by atoms with Crippen LogP contribution in [0.25, 0.3) is 10.8 Å². The molecule has 0 unspecified atom stereocenters. The van der Waals surface area contributed by atoms with Gasteiger partial charge in [-0.05, 0) is 84.5 Å². The van der Waals surface area contributed by atoms with Crippen molar-refractivity contribution in [2.75, 3.05) is 0 Å². The van der Waals surface area contributed by atoms with E-state index in [9.17, 15) is 4.39 Å². The van der Waals surface area contributed by atoms with Crippen LogP contribution in [0.15, 0.2) is 67.3 Å². The van der Waals surface area contributed by atoms with Crippen LogP contribution >= 0.6 is 11.6 Å². The van der Waals surface area contributed by atoms with Crippen LogP contribution in [0.1, 0.15) is 54.7 Å². The summed E-state index contributed by atoms with van der Waals surface area (Å²) in [6.45, 7) is 3.88. The quantitative estimate of drug-likeness (QED) is 0.308. The molecule has 0 heterocycles. The van der Waals surface area contributed by atoms with Crippen molar-refractivity contribution in [3.8, 4) is 11.8 Å². The van der Waals surface area contributed by atoms with Crippen molar-refractivity contribution in [2.45, 2.75) is 38.0 Å². The summed E-state index contributed by atoms with van der Waals surface area (Å²) in [7, 11) is 0. The SMILES string of the molecule is C=CCC1CCC(c2ccc3c(C#Cc4ccc(Cl)cc4F)cccc3c2)CC1. The molecular formula is C27H24ClF. The summed E-state index contributed by atoms with van der Waals surface area (Å²) in [5.74, 6) is 7.15. The molecule has 4 rings (SSSR count). The second-order valence-corrected chi connectivity index (χ2v) is 8.34. The van der Waals surface area contributed by atoms with Crippen LogP contribution in [0.3, 0.4) is 0 Å². The largest absolute Gasteiger partial charge is 0.206 e. The standard InChI is InChI=1S/C27H24ClF/c1-2-4-19-7-9-20(10-8-19)23-14-16-26-21(5-3-6-24(26)17-23)11-12-22-13-15-25(28)18-27(22)29/h2-3,5-6,13-20H,1,4,7-10H2. The van der Waals surface area contributed by atoms with Crippen molar-refractivity contribution < 1.29 is 4.39 Å². The first-order chi connectivity index (χ1) is 14.1. The van der Waals surface area contributed by atoms with E-state index < -0.39 is 0 Å². The minimum absolute atomic E-state index is 0.360. The fourth-order valence-electron chi connectivity index (χ4n) is 4.36. The third-order valence-corrected chi connectivity index (χ3v) is 6.22. The van der Waals surface area contributed by atoms with E-state index in [2.05, 4.69) is 48.8 Å². The first-order valence-corrected chi connectivity index (χ1v) is 10.6. The summed E-state index contributed by atoms with van der Waals surface area (Å²) in [5, 5.41) is 2.68. The lowest BCUT2D eigenvalue weighted by Gasteiger charge is -2.28. The number of fused-ring (bicyclic) bond motifs is 1. The lowest BCUT2D eigenvalue weighted by atomic mass is 9.77. The second-order valence-electron chi connectivity index (χ2n) is 7.90. The normalized spacial score (nSPS) is 18.8. The van der Waals surface area contributed by atoms with Gasteiger partial charge in [0.2, 0.25) is 0 Å². The average Bonchev–Trinajstić information content (AvgIpc) is 2.73. The zero-order chi connectivity index (χ0) is 20.2. The predicted molar refractivity (Wildman–Crippen MR) is 121 cm³/mol. The Kier molecular flexibility index (Phi) is 6.02. The predicted octanol–water partition coefficient (Wildman–Crippen LogP) is 7.88. The molecule has 146 valence electrons. The second kappa shape index (κ2) is 8.85. The minimum Gasteiger partial charge on any atom is -0.206 e. The van der Waals surface area contributed by atoms with Gasteiger partial charge in [0.1, 0.15) is 5.82 Å². The molecule has 0 aromatic heterocycles. The van der Waals surface area contributed by atoms with Crippen LogP contribution in [0.5, 0.6) is 0 Å². The Morgan fingerprint density at radius 3 is 2.52 bits per heavy atom. The summed E-state index contributed by atoms with van der Waals surface area (Å²) >= 11 is 5.82. The van der Waals surface area contributed by atoms with Crippen molar-refractivity contribution in [2.24, 2.45) is 5.92 Å². The van der Waals surface area contributed by atoms with Crippen molar-refractivity contribution >= 4 is 22.4 Å². The maximum absolute atomic E-state index is 14.0. The third-order valence-electron chi connectivity index (χ3n) is 5.99. The van der Waals surface area contributed by atoms with Gasteiger partial charge in [-0.15, -0.1) is 6.58 Å². The minimum atomic E-state index is -0.389. The summed E-state index contributed by atoms with van der Waals surface area (Å²) in [6.07, 6.45) is 8.26. The van der Waals surface area contributed by atoms with Gasteiger partial charge in [-0.1, -0.05) is 59.8 Å². The molecule has 1 aliphatic carbocycles. The molecule has 0 bridgehead atoms. The first-order valence-electron chi connectivity index (χ1n) is 10.2. The Balaban J connectivity index is 1.59. The van der Waals surface area contributed by atoms with Crippen molar-refractivity contribution in [1.29, 1.82) is 0 Å². The Morgan fingerprint density at radius 1 is 0.966 bits per heavy atom. The number of rotatable bonds is 3. The maximum atomic E-state index is 14.0. The average molecular weight is 403 g/mol. The Labute approximate surface area is 177 Å². The Hall–Kier alpha value is -2.56. The highest BCUT2D eigenvalue weighted by molar-refractivity contribution is 6.30. The molecular weight excluding hydrogens is 379 g/mol. The molecule has 29 heavy (non-hydrogen) atoms. The van der Waals surface area contributed by atoms with Crippen LogP contribution in [0.2, 0.25) is 5.02 Å². The molecule has 2 heteroatoms. The zero-order valence-electron chi connectivity index (χ0n) is 16.4. The van der Waals surface area contributed by atoms with Crippen LogP contribution in [0.4, 0.5) is 4.39 Å². The molecule has 1 saturated carbocycles. The summed E-state index contributed by atoms with van der Waals surface area (Å²) < 4.78 is 14.0. The molecule has 0 saturated heterocycles. The van der Waals surface area contributed by atoms with Crippen LogP contribution < -0.4 is 0 Å². The Bertz CT molecular complexity index is 1090. The number of hydrogen-bond acceptors (Lipinski definition) is 0. The molecule has 1 fully saturated rings. The molecule has 0 nitrogen and oxygen atoms in total. The number of allylic oxidation sites excluding steroid dienone is 1. The summed E-state index contributed by atoms with van der Waals surface area (Å²) in [5.41, 5.74) is 2.70. The van der Waals surface area contributed by atoms with Gasteiger partial charge in [0.25, 0.3) is 0 Å². The fourth-order valence-corrected chi connectivity index (χ4v) is 4.52. The zero-order valence-corrected chi connectivity index (χ0v) is 17.2. The lowest BCUT2D eigenvalue weighted by molar-refractivity contribution is 0.328. The van der Waals surface area contributed by atoms with Gasteiger partial charge in [-0.3, -0.25) is 0 Å². The third kappa shape index (κ3) is 4.55. The van der Waals surface area contributed by atoms with Gasteiger partial charge in [0.05, 0.1) is 5.56 Å². The topological polar surface area (TPSA) is 0 Å². The van der Waals surface area contributed by atoms with Gasteiger partial charge in [0, 0.05) is 10.6 Å². The molecule has 0 N–H and O–H groups in total. The number of benzene rings is 3. The van der Waals surface area contributed by atoms with Crippen LogP contribution in [0, 0.1) is 23.6 Å². The molecule has 0 atom stereocenters. The molecule has 0 radical (unpaired) electrons. The lowest BCUT2D eigenvalue weighted by Crippen LogP contribution is -2.12. The van der Waals surface area contributed by atoms with Gasteiger partial charge in [-0.25, -0.2) is 4.39 Å². The van der Waals surface area contributed by atoms with E-state index in [-0.39, 0.29) is 5.82 Å². The van der Waals surface area contributed by atoms with Crippen molar-refractivity contribution in [3.05, 3.63) is 94.8 Å². The van der Waals surface area contributed by atoms with Gasteiger partial charge in [-0.2, -0.15) is 0 Å². The summed E-state index contributed by atoms with van der Waals surface area (Å²) in [6, 6.07) is 17.4. The van der Waals surface area contributed by atoms with Gasteiger partial charge in [0.15, 0.2) is 0 Å². The van der Waals surface area contributed by atoms with E-state index in [1.165, 1.54) is 42.7 Å². The Morgan fingerprint density at radius 2 is 1.76 bits per heavy atom. The van der Waals surface area contributed by atoms with E-state index in [1.54, 1.807) is 12.1 Å². The number of hydrogen-bond donors (Lipinski definition) is 0. The smallest absolute Gasteiger partial charge is 0.140 e. The first kappa shape index (κ1) is 19.7. The van der Waals surface area contributed by atoms with Gasteiger partial charge < -0.3 is 0 Å². The van der Waals surface area contributed by atoms with E-state index in [4.69, 9.17) is 11.6 Å². The molecule has 0 amide bonds. The van der Waals surface area contributed by atoms with E-state index in [0.717, 1.165) is 23.3 Å². The van der Waals surface area contributed by atoms with E-state index in [0.29, 0.717) is 16.5 Å². The van der Waals surface area contributed by atoms with Gasteiger partial charge >= 0.3 is 0 Å². The number of halogens is 2. The summed E-state index contributed by atoms with van der Waals surface area (Å²) in [4.78, 5) is 0. The molecule has 1 aliphatic rings. The molecule has 3 aromatic carbocycles. The monoisotopic (exact) mass is 402 g/mol. The molecule has 0 aliphatic heterocycles. The highest BCUT2D eigenvalue weighted by Gasteiger charge is 2.21. The molecule has 0 spiro atoms. The van der Waals surface area contributed by atoms with Crippen molar-refractivity contribution in [3.63, 3.8) is 0 Å². The van der Waals surface area contributed by atoms with Crippen molar-refractivity contribution in [1.82, 2.24) is 0 Å².